The van der Waals surface area contributed by atoms with Crippen LogP contribution in [-0.2, 0) is 55.0 Å². The molecule has 1 fully saturated rings. The predicted molar refractivity (Wildman–Crippen MR) is 248 cm³/mol. The van der Waals surface area contributed by atoms with Crippen molar-refractivity contribution in [1.29, 1.82) is 0 Å². The normalized spacial score (nSPS) is 19.0. The minimum atomic E-state index is -1.69. The molecule has 3 rings (SSSR count). The summed E-state index contributed by atoms with van der Waals surface area (Å²) in [4.78, 5) is 40.1. The van der Waals surface area contributed by atoms with Crippen molar-refractivity contribution in [2.75, 3.05) is 6.61 Å². The third-order valence-electron chi connectivity index (χ3n) is 11.9. The van der Waals surface area contributed by atoms with Gasteiger partial charge in [0.15, 0.2) is 24.7 Å². The van der Waals surface area contributed by atoms with Crippen LogP contribution in [0.4, 0.5) is 0 Å². The monoisotopic (exact) mass is 918 g/mol. The number of aliphatic hydroxyl groups excluding tert-OH is 2. The van der Waals surface area contributed by atoms with Gasteiger partial charge in [0.25, 0.3) is 0 Å². The van der Waals surface area contributed by atoms with Crippen molar-refractivity contribution in [3.8, 4) is 0 Å². The lowest BCUT2D eigenvalue weighted by Crippen LogP contribution is -2.65. The Morgan fingerprint density at radius 2 is 1.17 bits per heavy atom. The summed E-state index contributed by atoms with van der Waals surface area (Å²) in [6, 6.07) is 19.5. The first-order chi connectivity index (χ1) is 31.3. The van der Waals surface area contributed by atoms with Gasteiger partial charge in [0, 0.05) is 12.8 Å². The van der Waals surface area contributed by atoms with Gasteiger partial charge in [-0.05, 0) is 62.5 Å². The zero-order chi connectivity index (χ0) is 45.9. The van der Waals surface area contributed by atoms with Crippen molar-refractivity contribution in [2.45, 2.75) is 217 Å². The number of carbonyl (C=O) groups excluding carboxylic acids is 3. The quantitative estimate of drug-likeness (QED) is 0.0165. The summed E-state index contributed by atoms with van der Waals surface area (Å²) in [5.41, 5.74) is 2.68. The lowest BCUT2D eigenvalue weighted by molar-refractivity contribution is -0.435. The molecule has 1 saturated heterocycles. The largest absolute Gasteiger partial charge is 0.462 e. The van der Waals surface area contributed by atoms with Crippen molar-refractivity contribution in [1.82, 2.24) is 5.32 Å². The van der Waals surface area contributed by atoms with E-state index in [4.69, 9.17) is 23.7 Å². The summed E-state index contributed by atoms with van der Waals surface area (Å²) in [5, 5.41) is 36.3. The third kappa shape index (κ3) is 25.0. The summed E-state index contributed by atoms with van der Waals surface area (Å²) < 4.78 is 27.4. The minimum Gasteiger partial charge on any atom is -0.462 e. The molecule has 0 aromatic heterocycles. The maximum absolute atomic E-state index is 13.8. The number of benzene rings is 2. The summed E-state index contributed by atoms with van der Waals surface area (Å²) in [6.45, 7) is 1.57. The Morgan fingerprint density at radius 1 is 0.672 bits per heavy atom. The topological polar surface area (TPSA) is 179 Å². The molecule has 362 valence electrons. The highest BCUT2D eigenvalue weighted by Crippen LogP contribution is 2.29. The molecule has 0 bridgehead atoms. The fraction of sp³-hybridized carbons (Fsp3) is 0.700. The van der Waals surface area contributed by atoms with Gasteiger partial charge in [-0.25, -0.2) is 5.26 Å². The van der Waals surface area contributed by atoms with Crippen molar-refractivity contribution in [3.05, 3.63) is 71.8 Å². The Balaban J connectivity index is 1.54. The Morgan fingerprint density at radius 3 is 1.70 bits per heavy atom. The van der Waals surface area contributed by atoms with Gasteiger partial charge in [0.1, 0.15) is 24.4 Å². The van der Waals surface area contributed by atoms with E-state index in [1.54, 1.807) is 0 Å². The van der Waals surface area contributed by atoms with Crippen LogP contribution in [0.2, 0.25) is 0 Å². The molecular weight excluding hydrogens is 839 g/mol. The van der Waals surface area contributed by atoms with Gasteiger partial charge in [-0.1, -0.05) is 175 Å². The number of unbranched alkanes of at least 4 members (excludes halogenated alkanes) is 18. The molecule has 64 heavy (non-hydrogen) atoms. The minimum absolute atomic E-state index is 0.0864. The second kappa shape index (κ2) is 36.1. The zero-order valence-corrected chi connectivity index (χ0v) is 39.3. The molecule has 1 aliphatic heterocycles. The second-order valence-corrected chi connectivity index (χ2v) is 17.7. The van der Waals surface area contributed by atoms with E-state index in [1.807, 2.05) is 24.3 Å². The molecule has 0 aliphatic carbocycles. The molecule has 4 N–H and O–H groups in total. The number of aryl methyl sites for hydroxylation is 2. The number of nitrogens with one attached hydrogen (secondary N) is 1. The second-order valence-electron chi connectivity index (χ2n) is 17.2. The zero-order valence-electron chi connectivity index (χ0n) is 38.5. The summed E-state index contributed by atoms with van der Waals surface area (Å²) >= 11 is 0.203. The van der Waals surface area contributed by atoms with Crippen LogP contribution in [0.15, 0.2) is 60.7 Å². The molecule has 1 amide bonds. The molecule has 1 aliphatic rings. The van der Waals surface area contributed by atoms with Crippen LogP contribution >= 0.6 is 12.3 Å². The first-order valence-corrected chi connectivity index (χ1v) is 25.0. The number of carbonyl (C=O) groups is 3. The highest BCUT2D eigenvalue weighted by molar-refractivity contribution is 7.89. The number of hydrogen-bond acceptors (Lipinski definition) is 13. The molecule has 2 unspecified atom stereocenters. The van der Waals surface area contributed by atoms with E-state index in [-0.39, 0.29) is 37.6 Å². The van der Waals surface area contributed by atoms with Gasteiger partial charge in [0.2, 0.25) is 5.91 Å². The maximum atomic E-state index is 13.8. The summed E-state index contributed by atoms with van der Waals surface area (Å²) in [5.74, 6) is -1.48. The van der Waals surface area contributed by atoms with Crippen molar-refractivity contribution in [2.24, 2.45) is 0 Å². The van der Waals surface area contributed by atoms with E-state index < -0.39 is 55.2 Å². The number of amides is 1. The van der Waals surface area contributed by atoms with Gasteiger partial charge in [-0.2, -0.15) is 0 Å². The van der Waals surface area contributed by atoms with E-state index in [1.165, 1.54) is 43.2 Å². The van der Waals surface area contributed by atoms with Crippen LogP contribution in [0.1, 0.15) is 179 Å². The Hall–Kier alpha value is -3.08. The van der Waals surface area contributed by atoms with E-state index in [0.717, 1.165) is 103 Å². The van der Waals surface area contributed by atoms with Gasteiger partial charge in [-0.15, -0.1) is 4.33 Å². The predicted octanol–water partition coefficient (Wildman–Crippen LogP) is 10.6. The van der Waals surface area contributed by atoms with E-state index in [2.05, 4.69) is 58.0 Å². The first-order valence-electron chi connectivity index (χ1n) is 24.3. The Bertz CT molecular complexity index is 1470. The third-order valence-corrected chi connectivity index (χ3v) is 12.3. The van der Waals surface area contributed by atoms with Crippen LogP contribution < -0.4 is 5.32 Å². The van der Waals surface area contributed by atoms with Gasteiger partial charge >= 0.3 is 11.9 Å². The number of rotatable bonds is 38. The number of esters is 2. The fourth-order valence-corrected chi connectivity index (χ4v) is 8.62. The lowest BCUT2D eigenvalue weighted by atomic mass is 9.96. The Labute approximate surface area is 387 Å². The Kier molecular flexibility index (Phi) is 31.2. The standard InChI is InChI=1S/C50H79NO12S/c1-2-3-4-5-6-7-8-15-26-35-42(58-45(54)36-27-16-11-9-13-20-29-40-31-22-18-23-32-40)38-44(53)51-47-49(48(61-64-63-62-57)43(39-52)59-50(47)56)60-46(55)37-28-17-12-10-14-21-30-41-33-24-19-25-34-41/h18-19,22-25,31-34,42-43,47-50,52,56-57H,2-17,20-21,26-30,35-39H2,1H3,(H,51,53)/t42?,43-,47-,48-,49-,50?/m1/s1. The van der Waals surface area contributed by atoms with Gasteiger partial charge in [0.05, 0.1) is 13.0 Å². The maximum Gasteiger partial charge on any atom is 0.306 e. The van der Waals surface area contributed by atoms with E-state index >= 15 is 0 Å². The molecule has 0 saturated carbocycles. The molecule has 14 heteroatoms. The number of hydrogen-bond donors (Lipinski definition) is 4. The molecule has 2 aromatic rings. The summed E-state index contributed by atoms with van der Waals surface area (Å²) in [7, 11) is 0. The van der Waals surface area contributed by atoms with Crippen LogP contribution in [0, 0.1) is 0 Å². The fourth-order valence-electron chi connectivity index (χ4n) is 8.24. The lowest BCUT2D eigenvalue weighted by Gasteiger charge is -2.43. The van der Waals surface area contributed by atoms with Crippen LogP contribution in [-0.4, -0.2) is 76.7 Å². The van der Waals surface area contributed by atoms with Crippen LogP contribution in [0.5, 0.6) is 0 Å². The smallest absolute Gasteiger partial charge is 0.306 e. The average Bonchev–Trinajstić information content (AvgIpc) is 3.30. The SMILES string of the molecule is CCCCCCCCCCCC(CC(=O)N[C@H]1C(O)O[C@H](CO)[C@@H](OSOOO)[C@@H]1OC(=O)CCCCCCCCc1ccccc1)OC(=O)CCCCCCCCc1ccccc1. The van der Waals surface area contributed by atoms with Crippen LogP contribution in [0.3, 0.4) is 0 Å². The first kappa shape index (κ1) is 55.2. The molecule has 0 radical (unpaired) electrons. The van der Waals surface area contributed by atoms with Gasteiger partial charge < -0.3 is 29.7 Å². The van der Waals surface area contributed by atoms with Crippen LogP contribution in [0.25, 0.3) is 0 Å². The number of aliphatic hydroxyl groups is 2. The highest BCUT2D eigenvalue weighted by Gasteiger charge is 2.49. The molecule has 6 atom stereocenters. The average molecular weight is 918 g/mol. The molecule has 2 aromatic carbocycles. The molecular formula is C50H79NO12S. The van der Waals surface area contributed by atoms with Gasteiger partial charge in [-0.3, -0.25) is 18.6 Å². The highest BCUT2D eigenvalue weighted by atomic mass is 32.2. The van der Waals surface area contributed by atoms with Crippen molar-refractivity contribution < 1.29 is 57.6 Å². The number of ether oxygens (including phenoxy) is 3. The molecule has 0 spiro atoms. The van der Waals surface area contributed by atoms with E-state index in [0.29, 0.717) is 19.3 Å². The van der Waals surface area contributed by atoms with Crippen molar-refractivity contribution in [3.63, 3.8) is 0 Å². The summed E-state index contributed by atoms with van der Waals surface area (Å²) in [6.07, 6.45) is 18.4. The van der Waals surface area contributed by atoms with Crippen molar-refractivity contribution >= 4 is 30.2 Å². The molecule has 1 heterocycles. The van der Waals surface area contributed by atoms with E-state index in [9.17, 15) is 24.6 Å². The molecule has 13 nitrogen and oxygen atoms in total.